The van der Waals surface area contributed by atoms with Crippen molar-refractivity contribution in [3.8, 4) is 22.3 Å². The van der Waals surface area contributed by atoms with Gasteiger partial charge in [0, 0.05) is 12.1 Å². The fraction of sp³-hybridized carbons (Fsp3) is 0.500. The number of carbonyl (C=O) groups is 4. The third kappa shape index (κ3) is 9.75. The quantitative estimate of drug-likeness (QED) is 0.0981. The standard InChI is InChI=1S/C60H68F4N8O6/c1-29(2)51(69-59(75)77-5)57(73)71-47-13-9-7-11-33(47)27-49(71)55-65-45-25-35(23-43(63)53(45)67-55)39-19-31-16-18-38-40(20-32(22-42(38)62)15-17-37(39)41(61)21-31)36-24-44(64)54-46(26-36)66-56(68-54)50-28-34-12-8-10-14-48(34)72(50)58(74)52(30(3)4)70-60(76)78-6/h19-26,29-30,33-34,47-52H,7-18,27-28H2,1-6H3,(H,65,67)(H,66,68)(H,69,75)(H,70,76)/t33-,34-,47-,48-,49-,50-,51-,52-/m0/s1. The molecule has 4 bridgehead atoms. The van der Waals surface area contributed by atoms with Gasteiger partial charge in [-0.1, -0.05) is 65.5 Å². The normalized spacial score (nSPS) is 22.8. The van der Waals surface area contributed by atoms with E-state index in [1.165, 1.54) is 38.5 Å². The number of alkyl carbamates (subject to hydrolysis) is 2. The van der Waals surface area contributed by atoms with Crippen molar-refractivity contribution in [1.29, 1.82) is 0 Å². The minimum Gasteiger partial charge on any atom is -0.453 e. The second kappa shape index (κ2) is 21.3. The molecule has 412 valence electrons. The number of ether oxygens (including phenoxy) is 2. The van der Waals surface area contributed by atoms with Gasteiger partial charge in [-0.2, -0.15) is 0 Å². The van der Waals surface area contributed by atoms with Crippen molar-refractivity contribution < 1.29 is 46.2 Å². The van der Waals surface area contributed by atoms with Gasteiger partial charge in [0.05, 0.1) is 37.3 Å². The molecule has 78 heavy (non-hydrogen) atoms. The number of methoxy groups -OCH3 is 2. The molecular formula is C60H68F4N8O6. The Morgan fingerprint density at radius 1 is 0.551 bits per heavy atom. The first kappa shape index (κ1) is 53.0. The molecule has 14 nitrogen and oxygen atoms in total. The van der Waals surface area contributed by atoms with Crippen LogP contribution in [-0.4, -0.2) is 92.1 Å². The lowest BCUT2D eigenvalue weighted by Crippen LogP contribution is -2.53. The van der Waals surface area contributed by atoms with Gasteiger partial charge in [0.15, 0.2) is 11.6 Å². The maximum atomic E-state index is 16.5. The molecule has 4 aromatic carbocycles. The number of aromatic amines is 2. The Labute approximate surface area is 450 Å². The van der Waals surface area contributed by atoms with Gasteiger partial charge >= 0.3 is 12.2 Å². The van der Waals surface area contributed by atoms with Crippen molar-refractivity contribution in [1.82, 2.24) is 40.4 Å². The molecule has 4 amide bonds. The maximum Gasteiger partial charge on any atom is 0.407 e. The smallest absolute Gasteiger partial charge is 0.407 e. The van der Waals surface area contributed by atoms with E-state index >= 15 is 17.6 Å². The number of amides is 4. The summed E-state index contributed by atoms with van der Waals surface area (Å²) >= 11 is 0. The molecule has 4 N–H and O–H groups in total. The number of likely N-dealkylation sites (tertiary alicyclic amines) is 2. The highest BCUT2D eigenvalue weighted by Gasteiger charge is 2.50. The lowest BCUT2D eigenvalue weighted by Gasteiger charge is -2.36. The molecule has 8 aliphatic rings. The number of aryl methyl sites for hydroxylation is 2. The summed E-state index contributed by atoms with van der Waals surface area (Å²) in [4.78, 5) is 73.8. The van der Waals surface area contributed by atoms with Gasteiger partial charge in [0.25, 0.3) is 0 Å². The minimum atomic E-state index is -0.846. The lowest BCUT2D eigenvalue weighted by molar-refractivity contribution is -0.139. The summed E-state index contributed by atoms with van der Waals surface area (Å²) in [6.45, 7) is 7.46. The fourth-order valence-corrected chi connectivity index (χ4v) is 13.8. The Morgan fingerprint density at radius 3 is 1.33 bits per heavy atom. The molecule has 0 spiro atoms. The van der Waals surface area contributed by atoms with Gasteiger partial charge in [0.2, 0.25) is 11.8 Å². The zero-order valence-corrected chi connectivity index (χ0v) is 45.0. The lowest BCUT2D eigenvalue weighted by atomic mass is 9.84. The summed E-state index contributed by atoms with van der Waals surface area (Å²) in [7, 11) is 2.51. The summed E-state index contributed by atoms with van der Waals surface area (Å²) in [5.41, 5.74) is 4.62. The molecule has 0 radical (unpaired) electrons. The Kier molecular flexibility index (Phi) is 14.5. The maximum absolute atomic E-state index is 16.5. The molecular weight excluding hydrogens is 1000 g/mol. The summed E-state index contributed by atoms with van der Waals surface area (Å²) in [6.07, 6.45) is 8.03. The van der Waals surface area contributed by atoms with Crippen LogP contribution in [0, 0.1) is 46.9 Å². The number of imidazole rings is 2. The van der Waals surface area contributed by atoms with Crippen molar-refractivity contribution in [2.45, 2.75) is 154 Å². The molecule has 0 unspecified atom stereocenters. The number of hydrogen-bond acceptors (Lipinski definition) is 8. The molecule has 2 saturated heterocycles. The van der Waals surface area contributed by atoms with Crippen LogP contribution in [0.5, 0.6) is 0 Å². The number of fused-ring (bicyclic) bond motifs is 4. The highest BCUT2D eigenvalue weighted by atomic mass is 19.1. The van der Waals surface area contributed by atoms with Crippen LogP contribution in [0.25, 0.3) is 44.3 Å². The Hall–Kier alpha value is -6.98. The van der Waals surface area contributed by atoms with Gasteiger partial charge in [-0.3, -0.25) is 9.59 Å². The van der Waals surface area contributed by atoms with Crippen molar-refractivity contribution in [3.63, 3.8) is 0 Å². The van der Waals surface area contributed by atoms with Crippen LogP contribution in [0.1, 0.15) is 138 Å². The molecule has 6 aromatic rings. The zero-order chi connectivity index (χ0) is 54.8. The predicted molar refractivity (Wildman–Crippen MR) is 286 cm³/mol. The van der Waals surface area contributed by atoms with E-state index in [1.807, 2.05) is 49.6 Å². The van der Waals surface area contributed by atoms with E-state index in [4.69, 9.17) is 19.4 Å². The van der Waals surface area contributed by atoms with Gasteiger partial charge in [-0.25, -0.2) is 37.1 Å². The second-order valence-corrected chi connectivity index (χ2v) is 23.1. The van der Waals surface area contributed by atoms with Crippen LogP contribution in [0.2, 0.25) is 0 Å². The minimum absolute atomic E-state index is 0.0678. The van der Waals surface area contributed by atoms with Crippen molar-refractivity contribution in [3.05, 3.63) is 106 Å². The molecule has 14 rings (SSSR count). The summed E-state index contributed by atoms with van der Waals surface area (Å²) in [5.74, 6) is -1.81. The zero-order valence-electron chi connectivity index (χ0n) is 45.0. The molecule has 2 aliphatic heterocycles. The molecule has 4 fully saturated rings. The number of hydrogen-bond donors (Lipinski definition) is 4. The summed E-state index contributed by atoms with van der Waals surface area (Å²) < 4.78 is 75.9. The van der Waals surface area contributed by atoms with Crippen molar-refractivity contribution in [2.24, 2.45) is 23.7 Å². The number of nitrogens with zero attached hydrogens (tertiary/aromatic N) is 4. The monoisotopic (exact) mass is 1070 g/mol. The average molecular weight is 1070 g/mol. The Morgan fingerprint density at radius 2 is 0.949 bits per heavy atom. The molecule has 2 aromatic heterocycles. The number of aromatic nitrogens is 4. The molecule has 18 heteroatoms. The van der Waals surface area contributed by atoms with Gasteiger partial charge < -0.3 is 39.9 Å². The van der Waals surface area contributed by atoms with Gasteiger partial charge in [-0.05, 0) is 169 Å². The highest BCUT2D eigenvalue weighted by molar-refractivity contribution is 5.89. The number of halogens is 4. The average Bonchev–Trinajstić information content (AvgIpc) is 4.41. The topological polar surface area (TPSA) is 175 Å². The van der Waals surface area contributed by atoms with Crippen LogP contribution in [0.3, 0.4) is 0 Å². The summed E-state index contributed by atoms with van der Waals surface area (Å²) in [5, 5.41) is 5.47. The number of benzene rings is 4. The molecule has 4 heterocycles. The number of carbonyl (C=O) groups excluding carboxylic acids is 4. The molecule has 8 atom stereocenters. The third-order valence-electron chi connectivity index (χ3n) is 17.7. The first-order chi connectivity index (χ1) is 37.5. The van der Waals surface area contributed by atoms with Crippen LogP contribution in [0.15, 0.2) is 48.5 Å². The second-order valence-electron chi connectivity index (χ2n) is 23.1. The third-order valence-corrected chi connectivity index (χ3v) is 17.7. The first-order valence-corrected chi connectivity index (χ1v) is 27.8. The van der Waals surface area contributed by atoms with E-state index < -0.39 is 59.6 Å². The van der Waals surface area contributed by atoms with Crippen LogP contribution in [-0.2, 0) is 44.7 Å². The van der Waals surface area contributed by atoms with Crippen LogP contribution >= 0.6 is 0 Å². The van der Waals surface area contributed by atoms with E-state index in [-0.39, 0.29) is 84.3 Å². The molecule has 6 aliphatic carbocycles. The van der Waals surface area contributed by atoms with Crippen molar-refractivity contribution in [2.75, 3.05) is 14.2 Å². The molecule has 2 saturated carbocycles. The summed E-state index contributed by atoms with van der Waals surface area (Å²) in [6, 6.07) is 10.0. The van der Waals surface area contributed by atoms with E-state index in [9.17, 15) is 19.2 Å². The van der Waals surface area contributed by atoms with Crippen LogP contribution in [0.4, 0.5) is 27.2 Å². The van der Waals surface area contributed by atoms with Crippen molar-refractivity contribution >= 4 is 46.1 Å². The van der Waals surface area contributed by atoms with E-state index in [0.717, 1.165) is 51.4 Å². The SMILES string of the molecule is COC(=O)N[C@H](C(=O)N1[C@H](c2nc3c(F)cc(-c4cc5cc(F)c4CCc4cc(F)c(c(-c6cc(F)c7nc([C@@H]8C[C@@H]9CCCC[C@@H]9N8C(=O)[C@@H](NC(=O)OC)C(C)C)[nH]c7c6)c4)CC5)cc3[nH]2)C[C@@H]2CCCC[C@@H]21)C(C)C. The van der Waals surface area contributed by atoms with E-state index in [2.05, 4.69) is 20.6 Å². The Bertz CT molecular complexity index is 3120. The van der Waals surface area contributed by atoms with Gasteiger partial charge in [0.1, 0.15) is 46.4 Å². The predicted octanol–water partition coefficient (Wildman–Crippen LogP) is 11.6. The van der Waals surface area contributed by atoms with E-state index in [0.29, 0.717) is 80.0 Å². The largest absolute Gasteiger partial charge is 0.453 e. The number of H-pyrrole nitrogens is 2. The van der Waals surface area contributed by atoms with E-state index in [1.54, 1.807) is 12.1 Å². The van der Waals surface area contributed by atoms with Gasteiger partial charge in [-0.15, -0.1) is 0 Å². The van der Waals surface area contributed by atoms with Crippen LogP contribution < -0.4 is 10.6 Å². The fourth-order valence-electron chi connectivity index (χ4n) is 13.8. The number of rotatable bonds is 10. The highest BCUT2D eigenvalue weighted by Crippen LogP contribution is 2.49. The Balaban J connectivity index is 0.894. The first-order valence-electron chi connectivity index (χ1n) is 27.8. The number of nitrogens with one attached hydrogen (secondary N) is 4.